The van der Waals surface area contributed by atoms with E-state index in [1.807, 2.05) is 0 Å². The topological polar surface area (TPSA) is 58.9 Å². The normalized spacial score (nSPS) is 10.9. The van der Waals surface area contributed by atoms with Gasteiger partial charge >= 0.3 is 0 Å². The lowest BCUT2D eigenvalue weighted by molar-refractivity contribution is 0.107. The quantitative estimate of drug-likeness (QED) is 0.549. The molecule has 0 heterocycles. The molecule has 2 rings (SSSR count). The molecule has 0 aliphatic rings. The molecule has 4 nitrogen and oxygen atoms in total. The number of hydrogen-bond donors (Lipinski definition) is 0. The van der Waals surface area contributed by atoms with E-state index in [4.69, 9.17) is 23.2 Å². The Morgan fingerprint density at radius 2 is 1.14 bits per heavy atom. The fourth-order valence-electron chi connectivity index (χ4n) is 2.00. The first-order chi connectivity index (χ1) is 10.4. The van der Waals surface area contributed by atoms with Gasteiger partial charge in [0.2, 0.25) is 0 Å². The van der Waals surface area contributed by atoms with E-state index in [1.165, 1.54) is 0 Å². The molecule has 0 atom stereocenters. The summed E-state index contributed by atoms with van der Waals surface area (Å²) >= 11 is 11.0. The van der Waals surface area contributed by atoms with Gasteiger partial charge in [0.1, 0.15) is 0 Å². The molecule has 0 aliphatic heterocycles. The van der Waals surface area contributed by atoms with Crippen LogP contribution in [0.1, 0.15) is 31.8 Å². The Labute approximate surface area is 137 Å². The summed E-state index contributed by atoms with van der Waals surface area (Å²) in [6.45, 7) is 3.49. The van der Waals surface area contributed by atoms with E-state index < -0.39 is 10.5 Å². The third-order valence-electron chi connectivity index (χ3n) is 3.30. The van der Waals surface area contributed by atoms with Crippen molar-refractivity contribution in [3.8, 4) is 0 Å². The highest BCUT2D eigenvalue weighted by Crippen LogP contribution is 2.28. The number of halogens is 2. The molecule has 6 heteroatoms. The fraction of sp³-hybridized carbons (Fsp3) is 0.125. The van der Waals surface area contributed by atoms with Crippen LogP contribution in [0.15, 0.2) is 46.6 Å². The Balaban J connectivity index is 2.42. The maximum Gasteiger partial charge on any atom is 0.252 e. The summed E-state index contributed by atoms with van der Waals surface area (Å²) in [7, 11) is 0. The van der Waals surface area contributed by atoms with Gasteiger partial charge in [0.15, 0.2) is 0 Å². The van der Waals surface area contributed by atoms with Crippen LogP contribution in [0.5, 0.6) is 0 Å². The molecular formula is C16H12Cl2N2O2. The fourth-order valence-corrected chi connectivity index (χ4v) is 2.41. The molecule has 0 bridgehead atoms. The summed E-state index contributed by atoms with van der Waals surface area (Å²) < 4.78 is 0. The van der Waals surface area contributed by atoms with Crippen LogP contribution in [-0.4, -0.2) is 10.5 Å². The first-order valence-corrected chi connectivity index (χ1v) is 7.18. The molecule has 2 aromatic carbocycles. The van der Waals surface area contributed by atoms with Gasteiger partial charge in [-0.05, 0) is 72.4 Å². The van der Waals surface area contributed by atoms with Crippen LogP contribution in [0, 0.1) is 13.8 Å². The Kier molecular flexibility index (Phi) is 5.06. The van der Waals surface area contributed by atoms with E-state index in [9.17, 15) is 9.59 Å². The predicted octanol–water partition coefficient (Wildman–Crippen LogP) is 5.48. The lowest BCUT2D eigenvalue weighted by Gasteiger charge is -2.05. The number of benzene rings is 2. The molecule has 0 radical (unpaired) electrons. The summed E-state index contributed by atoms with van der Waals surface area (Å²) in [5.74, 6) is 0. The Hall–Kier alpha value is -2.04. The second-order valence-electron chi connectivity index (χ2n) is 4.65. The molecule has 0 aromatic heterocycles. The number of hydrogen-bond acceptors (Lipinski definition) is 4. The van der Waals surface area contributed by atoms with Crippen LogP contribution in [-0.2, 0) is 0 Å². The molecule has 22 heavy (non-hydrogen) atoms. The van der Waals surface area contributed by atoms with E-state index in [2.05, 4.69) is 10.2 Å². The van der Waals surface area contributed by atoms with Crippen LogP contribution in [0.3, 0.4) is 0 Å². The molecule has 0 aliphatic carbocycles. The van der Waals surface area contributed by atoms with Crippen LogP contribution < -0.4 is 0 Å². The second kappa shape index (κ2) is 6.81. The van der Waals surface area contributed by atoms with Gasteiger partial charge in [-0.15, -0.1) is 0 Å². The number of carbonyl (C=O) groups excluding carboxylic acids is 2. The second-order valence-corrected chi connectivity index (χ2v) is 5.33. The SMILES string of the molecule is Cc1c(N=Nc2cccc(C(=O)Cl)c2C)cccc1C(=O)Cl. The summed E-state index contributed by atoms with van der Waals surface area (Å²) in [5.41, 5.74) is 3.14. The van der Waals surface area contributed by atoms with Crippen molar-refractivity contribution in [1.29, 1.82) is 0 Å². The number of carbonyl (C=O) groups is 2. The van der Waals surface area contributed by atoms with Gasteiger partial charge in [-0.3, -0.25) is 9.59 Å². The predicted molar refractivity (Wildman–Crippen MR) is 86.9 cm³/mol. The van der Waals surface area contributed by atoms with Crippen molar-refractivity contribution >= 4 is 45.1 Å². The Bertz CT molecular complexity index is 720. The van der Waals surface area contributed by atoms with Crippen molar-refractivity contribution in [2.75, 3.05) is 0 Å². The van der Waals surface area contributed by atoms with Gasteiger partial charge < -0.3 is 0 Å². The summed E-state index contributed by atoms with van der Waals surface area (Å²) in [6, 6.07) is 10.1. The molecule has 0 unspecified atom stereocenters. The zero-order chi connectivity index (χ0) is 16.3. The van der Waals surface area contributed by atoms with E-state index >= 15 is 0 Å². The van der Waals surface area contributed by atoms with E-state index in [0.29, 0.717) is 33.6 Å². The number of rotatable bonds is 4. The molecular weight excluding hydrogens is 323 g/mol. The molecule has 112 valence electrons. The van der Waals surface area contributed by atoms with E-state index in [-0.39, 0.29) is 0 Å². The van der Waals surface area contributed by atoms with Gasteiger partial charge in [0.05, 0.1) is 11.4 Å². The molecule has 0 saturated heterocycles. The minimum atomic E-state index is -0.541. The van der Waals surface area contributed by atoms with Crippen molar-refractivity contribution in [1.82, 2.24) is 0 Å². The highest BCUT2D eigenvalue weighted by atomic mass is 35.5. The summed E-state index contributed by atoms with van der Waals surface area (Å²) in [4.78, 5) is 22.6. The lowest BCUT2D eigenvalue weighted by Crippen LogP contribution is -1.93. The highest BCUT2D eigenvalue weighted by molar-refractivity contribution is 6.68. The molecule has 0 spiro atoms. The molecule has 2 aromatic rings. The summed E-state index contributed by atoms with van der Waals surface area (Å²) in [6.07, 6.45) is 0. The van der Waals surface area contributed by atoms with Crippen molar-refractivity contribution in [2.45, 2.75) is 13.8 Å². The van der Waals surface area contributed by atoms with E-state index in [1.54, 1.807) is 50.2 Å². The third-order valence-corrected chi connectivity index (χ3v) is 3.71. The van der Waals surface area contributed by atoms with Crippen molar-refractivity contribution in [3.63, 3.8) is 0 Å². The minimum absolute atomic E-state index is 0.388. The van der Waals surface area contributed by atoms with Gasteiger partial charge in [-0.1, -0.05) is 12.1 Å². The molecule has 0 saturated carbocycles. The zero-order valence-electron chi connectivity index (χ0n) is 11.9. The number of azo groups is 1. The standard InChI is InChI=1S/C16H12Cl2N2O2/c1-9-11(15(17)21)5-3-7-13(9)19-20-14-8-4-6-12(10(14)2)16(18)22/h3-8H,1-2H3. The zero-order valence-corrected chi connectivity index (χ0v) is 13.4. The van der Waals surface area contributed by atoms with Gasteiger partial charge in [0.25, 0.3) is 10.5 Å². The van der Waals surface area contributed by atoms with Crippen LogP contribution in [0.25, 0.3) is 0 Å². The smallest absolute Gasteiger partial charge is 0.252 e. The van der Waals surface area contributed by atoms with Gasteiger partial charge in [0, 0.05) is 11.1 Å². The van der Waals surface area contributed by atoms with Crippen LogP contribution in [0.4, 0.5) is 11.4 Å². The highest BCUT2D eigenvalue weighted by Gasteiger charge is 2.10. The first kappa shape index (κ1) is 16.3. The Morgan fingerprint density at radius 3 is 1.45 bits per heavy atom. The van der Waals surface area contributed by atoms with Crippen molar-refractivity contribution < 1.29 is 9.59 Å². The van der Waals surface area contributed by atoms with Crippen molar-refractivity contribution in [3.05, 3.63) is 58.7 Å². The van der Waals surface area contributed by atoms with Crippen LogP contribution in [0.2, 0.25) is 0 Å². The average molecular weight is 335 g/mol. The molecule has 0 N–H and O–H groups in total. The Morgan fingerprint density at radius 1 is 0.773 bits per heavy atom. The third kappa shape index (κ3) is 3.40. The van der Waals surface area contributed by atoms with Crippen LogP contribution >= 0.6 is 23.2 Å². The molecule has 0 fully saturated rings. The maximum atomic E-state index is 11.3. The minimum Gasteiger partial charge on any atom is -0.276 e. The lowest BCUT2D eigenvalue weighted by atomic mass is 10.1. The average Bonchev–Trinajstić information content (AvgIpc) is 2.46. The monoisotopic (exact) mass is 334 g/mol. The maximum absolute atomic E-state index is 11.3. The number of nitrogens with zero attached hydrogens (tertiary/aromatic N) is 2. The van der Waals surface area contributed by atoms with E-state index in [0.717, 1.165) is 0 Å². The van der Waals surface area contributed by atoms with Crippen molar-refractivity contribution in [2.24, 2.45) is 10.2 Å². The summed E-state index contributed by atoms with van der Waals surface area (Å²) in [5, 5.41) is 7.20. The van der Waals surface area contributed by atoms with Gasteiger partial charge in [-0.2, -0.15) is 10.2 Å². The largest absolute Gasteiger partial charge is 0.276 e. The first-order valence-electron chi connectivity index (χ1n) is 6.42. The molecule has 0 amide bonds. The van der Waals surface area contributed by atoms with Gasteiger partial charge in [-0.25, -0.2) is 0 Å².